The SMILES string of the molecule is COCCNS(=O)(=O)c1ccc(-c2ccc3nc(N4CCC(c5nc(C(C)C)no5)CC4)sc3n2)cc1. The number of anilines is 1. The second-order valence-corrected chi connectivity index (χ2v) is 12.1. The standard InChI is InChI=1S/C25H30N6O4S2/c1-16(2)22-29-23(35-30-22)18-10-13-31(14-11-18)25-28-21-9-8-20(27-24(21)36-25)17-4-6-19(7-5-17)37(32,33)26-12-15-34-3/h4-9,16,18,26H,10-15H2,1-3H3. The average molecular weight is 543 g/mol. The molecular weight excluding hydrogens is 512 g/mol. The van der Waals surface area contributed by atoms with Crippen molar-refractivity contribution < 1.29 is 17.7 Å². The lowest BCUT2D eigenvalue weighted by Gasteiger charge is -2.29. The first-order chi connectivity index (χ1) is 17.8. The van der Waals surface area contributed by atoms with E-state index < -0.39 is 10.0 Å². The Bertz CT molecular complexity index is 1460. The number of hydrogen-bond acceptors (Lipinski definition) is 10. The Hall–Kier alpha value is -2.93. The molecule has 0 amide bonds. The zero-order valence-corrected chi connectivity index (χ0v) is 22.7. The van der Waals surface area contributed by atoms with E-state index in [4.69, 9.17) is 19.2 Å². The van der Waals surface area contributed by atoms with Gasteiger partial charge in [0.25, 0.3) is 0 Å². The van der Waals surface area contributed by atoms with Gasteiger partial charge in [-0.1, -0.05) is 42.5 Å². The van der Waals surface area contributed by atoms with Crippen molar-refractivity contribution in [2.75, 3.05) is 38.3 Å². The molecule has 1 aromatic carbocycles. The van der Waals surface area contributed by atoms with Crippen LogP contribution in [0.2, 0.25) is 0 Å². The normalized spacial score (nSPS) is 15.2. The van der Waals surface area contributed by atoms with Gasteiger partial charge < -0.3 is 14.2 Å². The van der Waals surface area contributed by atoms with Crippen LogP contribution >= 0.6 is 11.3 Å². The zero-order chi connectivity index (χ0) is 26.0. The van der Waals surface area contributed by atoms with E-state index >= 15 is 0 Å². The second kappa shape index (κ2) is 10.8. The van der Waals surface area contributed by atoms with Crippen molar-refractivity contribution in [2.24, 2.45) is 0 Å². The van der Waals surface area contributed by atoms with E-state index in [9.17, 15) is 8.42 Å². The van der Waals surface area contributed by atoms with Crippen LogP contribution in [0.15, 0.2) is 45.8 Å². The summed E-state index contributed by atoms with van der Waals surface area (Å²) < 4.78 is 37.8. The number of sulfonamides is 1. The van der Waals surface area contributed by atoms with Gasteiger partial charge in [0, 0.05) is 44.1 Å². The highest BCUT2D eigenvalue weighted by molar-refractivity contribution is 7.89. The molecule has 10 nitrogen and oxygen atoms in total. The molecule has 0 spiro atoms. The highest BCUT2D eigenvalue weighted by Gasteiger charge is 2.27. The summed E-state index contributed by atoms with van der Waals surface area (Å²) in [6, 6.07) is 10.6. The van der Waals surface area contributed by atoms with Crippen LogP contribution in [0.3, 0.4) is 0 Å². The summed E-state index contributed by atoms with van der Waals surface area (Å²) in [5, 5.41) is 5.06. The maximum atomic E-state index is 12.4. The largest absolute Gasteiger partial charge is 0.383 e. The number of pyridine rings is 1. The van der Waals surface area contributed by atoms with Gasteiger partial charge in [-0.15, -0.1) is 0 Å². The Labute approximate surface area is 220 Å². The number of aromatic nitrogens is 4. The summed E-state index contributed by atoms with van der Waals surface area (Å²) in [6.07, 6.45) is 1.87. The van der Waals surface area contributed by atoms with Crippen molar-refractivity contribution >= 4 is 36.8 Å². The maximum Gasteiger partial charge on any atom is 0.240 e. The maximum absolute atomic E-state index is 12.4. The van der Waals surface area contributed by atoms with Gasteiger partial charge in [0.2, 0.25) is 15.9 Å². The van der Waals surface area contributed by atoms with E-state index in [1.165, 1.54) is 7.11 Å². The van der Waals surface area contributed by atoms with E-state index in [0.717, 1.165) is 64.4 Å². The van der Waals surface area contributed by atoms with Crippen LogP contribution in [-0.4, -0.2) is 61.9 Å². The lowest BCUT2D eigenvalue weighted by Crippen LogP contribution is -2.32. The highest BCUT2D eigenvalue weighted by Crippen LogP contribution is 2.34. The minimum atomic E-state index is -3.58. The van der Waals surface area contributed by atoms with Crippen molar-refractivity contribution in [3.63, 3.8) is 0 Å². The molecule has 4 aromatic rings. The molecule has 1 aliphatic rings. The second-order valence-electron chi connectivity index (χ2n) is 9.34. The molecule has 5 rings (SSSR count). The van der Waals surface area contributed by atoms with E-state index in [1.807, 2.05) is 12.1 Å². The Morgan fingerprint density at radius 3 is 2.54 bits per heavy atom. The van der Waals surface area contributed by atoms with Gasteiger partial charge >= 0.3 is 0 Å². The van der Waals surface area contributed by atoms with Gasteiger partial charge in [-0.2, -0.15) is 4.98 Å². The fourth-order valence-corrected chi connectivity index (χ4v) is 6.24. The molecule has 0 radical (unpaired) electrons. The molecule has 0 aliphatic carbocycles. The molecule has 1 N–H and O–H groups in total. The van der Waals surface area contributed by atoms with Crippen LogP contribution in [0, 0.1) is 0 Å². The molecule has 12 heteroatoms. The molecule has 37 heavy (non-hydrogen) atoms. The summed E-state index contributed by atoms with van der Waals surface area (Å²) in [6.45, 7) is 6.39. The molecule has 1 fully saturated rings. The van der Waals surface area contributed by atoms with Crippen molar-refractivity contribution in [1.29, 1.82) is 0 Å². The fraction of sp³-hybridized carbons (Fsp3) is 0.440. The number of thiazole rings is 1. The summed E-state index contributed by atoms with van der Waals surface area (Å²) in [7, 11) is -2.05. The summed E-state index contributed by atoms with van der Waals surface area (Å²) >= 11 is 1.57. The summed E-state index contributed by atoms with van der Waals surface area (Å²) in [5.41, 5.74) is 2.47. The van der Waals surface area contributed by atoms with Crippen LogP contribution in [0.4, 0.5) is 5.13 Å². The number of fused-ring (bicyclic) bond motifs is 1. The number of nitrogens with one attached hydrogen (secondary N) is 1. The van der Waals surface area contributed by atoms with Crippen molar-refractivity contribution in [3.05, 3.63) is 48.1 Å². The van der Waals surface area contributed by atoms with E-state index in [-0.39, 0.29) is 23.3 Å². The molecular formula is C25H30N6O4S2. The number of methoxy groups -OCH3 is 1. The smallest absolute Gasteiger partial charge is 0.240 e. The van der Waals surface area contributed by atoms with Crippen LogP contribution in [0.5, 0.6) is 0 Å². The van der Waals surface area contributed by atoms with Gasteiger partial charge in [-0.3, -0.25) is 0 Å². The molecule has 0 bridgehead atoms. The quantitative estimate of drug-likeness (QED) is 0.310. The minimum Gasteiger partial charge on any atom is -0.383 e. The average Bonchev–Trinajstić information content (AvgIpc) is 3.56. The molecule has 1 aliphatic heterocycles. The third kappa shape index (κ3) is 5.66. The van der Waals surface area contributed by atoms with E-state index in [1.54, 1.807) is 35.6 Å². The zero-order valence-electron chi connectivity index (χ0n) is 21.0. The van der Waals surface area contributed by atoms with E-state index in [0.29, 0.717) is 6.61 Å². The van der Waals surface area contributed by atoms with Gasteiger partial charge in [-0.25, -0.2) is 23.1 Å². The first kappa shape index (κ1) is 25.7. The number of benzene rings is 1. The first-order valence-electron chi connectivity index (χ1n) is 12.3. The van der Waals surface area contributed by atoms with Crippen LogP contribution in [-0.2, 0) is 14.8 Å². The third-order valence-electron chi connectivity index (χ3n) is 6.39. The van der Waals surface area contributed by atoms with E-state index in [2.05, 4.69) is 33.6 Å². The molecule has 4 heterocycles. The van der Waals surface area contributed by atoms with Crippen LogP contribution in [0.1, 0.15) is 50.2 Å². The summed E-state index contributed by atoms with van der Waals surface area (Å²) in [4.78, 5) is 17.5. The van der Waals surface area contributed by atoms with Crippen molar-refractivity contribution in [3.8, 4) is 11.3 Å². The van der Waals surface area contributed by atoms with Crippen molar-refractivity contribution in [2.45, 2.75) is 43.4 Å². The summed E-state index contributed by atoms with van der Waals surface area (Å²) in [5.74, 6) is 2.04. The van der Waals surface area contributed by atoms with Crippen LogP contribution in [0.25, 0.3) is 21.6 Å². The molecule has 0 unspecified atom stereocenters. The monoisotopic (exact) mass is 542 g/mol. The predicted octanol–water partition coefficient (Wildman–Crippen LogP) is 4.17. The first-order valence-corrected chi connectivity index (χ1v) is 14.6. The van der Waals surface area contributed by atoms with Crippen molar-refractivity contribution in [1.82, 2.24) is 24.8 Å². The lowest BCUT2D eigenvalue weighted by molar-refractivity contribution is 0.204. The fourth-order valence-electron chi connectivity index (χ4n) is 4.23. The Balaban J connectivity index is 1.26. The number of ether oxygens (including phenoxy) is 1. The number of nitrogens with zero attached hydrogens (tertiary/aromatic N) is 5. The number of piperidine rings is 1. The number of rotatable bonds is 9. The predicted molar refractivity (Wildman–Crippen MR) is 142 cm³/mol. The third-order valence-corrected chi connectivity index (χ3v) is 8.89. The van der Waals surface area contributed by atoms with Gasteiger partial charge in [0.05, 0.1) is 17.2 Å². The topological polar surface area (TPSA) is 123 Å². The molecule has 196 valence electrons. The Kier molecular flexibility index (Phi) is 7.52. The molecule has 3 aromatic heterocycles. The molecule has 0 saturated carbocycles. The molecule has 1 saturated heterocycles. The number of hydrogen-bond donors (Lipinski definition) is 1. The Morgan fingerprint density at radius 1 is 1.11 bits per heavy atom. The van der Waals surface area contributed by atoms with Gasteiger partial charge in [0.1, 0.15) is 10.3 Å². The molecule has 0 atom stereocenters. The highest BCUT2D eigenvalue weighted by atomic mass is 32.2. The van der Waals surface area contributed by atoms with Gasteiger partial charge in [-0.05, 0) is 37.1 Å². The van der Waals surface area contributed by atoms with Gasteiger partial charge in [0.15, 0.2) is 11.0 Å². The van der Waals surface area contributed by atoms with Crippen LogP contribution < -0.4 is 9.62 Å². The minimum absolute atomic E-state index is 0.206. The Morgan fingerprint density at radius 2 is 1.86 bits per heavy atom. The lowest BCUT2D eigenvalue weighted by atomic mass is 9.97.